The van der Waals surface area contributed by atoms with Gasteiger partial charge in [0, 0.05) is 11.1 Å². The molecule has 8 nitrogen and oxygen atoms in total. The van der Waals surface area contributed by atoms with Crippen LogP contribution in [0.5, 0.6) is 0 Å². The molecule has 0 fully saturated rings. The number of aromatic nitrogens is 2. The van der Waals surface area contributed by atoms with Gasteiger partial charge >= 0.3 is 6.18 Å². The second-order valence-corrected chi connectivity index (χ2v) is 9.69. The predicted octanol–water partition coefficient (Wildman–Crippen LogP) is 4.19. The van der Waals surface area contributed by atoms with E-state index in [9.17, 15) is 22.8 Å². The van der Waals surface area contributed by atoms with Crippen molar-refractivity contribution in [3.63, 3.8) is 0 Å². The lowest BCUT2D eigenvalue weighted by Gasteiger charge is -2.27. The summed E-state index contributed by atoms with van der Waals surface area (Å²) in [6, 6.07) is 25.0. The molecule has 0 saturated heterocycles. The topological polar surface area (TPSA) is 108 Å². The van der Waals surface area contributed by atoms with Crippen LogP contribution in [0, 0.1) is 0 Å². The number of rotatable bonds is 5. The largest absolute Gasteiger partial charge is 0.435 e. The van der Waals surface area contributed by atoms with Gasteiger partial charge in [0.2, 0.25) is 0 Å². The number of guanidine groups is 1. The Bertz CT molecular complexity index is 1590. The number of carbonyl (C=O) groups excluding carboxylic acids is 2. The number of hydrogen-bond acceptors (Lipinski definition) is 5. The van der Waals surface area contributed by atoms with Crippen molar-refractivity contribution in [1.29, 1.82) is 0 Å². The molecule has 202 valence electrons. The van der Waals surface area contributed by atoms with E-state index < -0.39 is 23.3 Å². The van der Waals surface area contributed by atoms with Gasteiger partial charge in [-0.2, -0.15) is 18.3 Å². The standard InChI is InChI=1S/C29H23F3N6O2/c30-29(31,32)24-22-16-37(17-23(22)35-36-24)25(39)19-9-7-8-18(14-19)15-38-26(40)28(34-27(38)33,20-10-3-1-4-11-20)21-12-5-2-6-13-21/h1-14H,15-17H2,(H2,33,34)(H,35,36). The van der Waals surface area contributed by atoms with Gasteiger partial charge in [0.05, 0.1) is 25.3 Å². The number of nitrogens with zero attached hydrogens (tertiary/aromatic N) is 4. The SMILES string of the molecule is NC1=NC(c2ccccc2)(c2ccccc2)C(=O)N1Cc1cccc(C(=O)N2Cc3[nH]nc(C(F)(F)F)c3C2)c1. The molecule has 1 aromatic heterocycles. The van der Waals surface area contributed by atoms with E-state index in [4.69, 9.17) is 5.73 Å². The maximum Gasteiger partial charge on any atom is 0.435 e. The highest BCUT2D eigenvalue weighted by molar-refractivity contribution is 6.09. The molecule has 0 radical (unpaired) electrons. The van der Waals surface area contributed by atoms with Gasteiger partial charge in [-0.1, -0.05) is 72.8 Å². The van der Waals surface area contributed by atoms with Gasteiger partial charge in [-0.3, -0.25) is 19.6 Å². The molecule has 2 aliphatic rings. The summed E-state index contributed by atoms with van der Waals surface area (Å²) in [7, 11) is 0. The van der Waals surface area contributed by atoms with Gasteiger partial charge in [0.25, 0.3) is 11.8 Å². The van der Waals surface area contributed by atoms with E-state index in [2.05, 4.69) is 15.2 Å². The number of H-pyrrole nitrogens is 1. The summed E-state index contributed by atoms with van der Waals surface area (Å²) < 4.78 is 39.8. The van der Waals surface area contributed by atoms with Gasteiger partial charge in [-0.05, 0) is 28.8 Å². The Kier molecular flexibility index (Phi) is 5.94. The van der Waals surface area contributed by atoms with Gasteiger partial charge in [-0.25, -0.2) is 4.99 Å². The highest BCUT2D eigenvalue weighted by Crippen LogP contribution is 2.40. The summed E-state index contributed by atoms with van der Waals surface area (Å²) in [5.41, 5.74) is 6.45. The number of aromatic amines is 1. The fourth-order valence-electron chi connectivity index (χ4n) is 5.32. The normalized spacial score (nSPS) is 16.3. The average molecular weight is 545 g/mol. The third-order valence-corrected chi connectivity index (χ3v) is 7.22. The first-order valence-electron chi connectivity index (χ1n) is 12.5. The van der Waals surface area contributed by atoms with Gasteiger partial charge in [-0.15, -0.1) is 0 Å². The number of fused-ring (bicyclic) bond motifs is 1. The highest BCUT2D eigenvalue weighted by atomic mass is 19.4. The fourth-order valence-corrected chi connectivity index (χ4v) is 5.32. The molecule has 3 aromatic carbocycles. The Hall–Kier alpha value is -4.93. The van der Waals surface area contributed by atoms with Crippen molar-refractivity contribution in [2.45, 2.75) is 31.3 Å². The third-order valence-electron chi connectivity index (χ3n) is 7.22. The zero-order chi connectivity index (χ0) is 28.1. The molecule has 3 heterocycles. The molecule has 0 unspecified atom stereocenters. The molecule has 2 amide bonds. The van der Waals surface area contributed by atoms with Crippen LogP contribution in [0.4, 0.5) is 13.2 Å². The quantitative estimate of drug-likeness (QED) is 0.393. The van der Waals surface area contributed by atoms with Crippen LogP contribution in [0.3, 0.4) is 0 Å². The van der Waals surface area contributed by atoms with Crippen molar-refractivity contribution < 1.29 is 22.8 Å². The second-order valence-electron chi connectivity index (χ2n) is 9.69. The van der Waals surface area contributed by atoms with Crippen molar-refractivity contribution in [1.82, 2.24) is 20.0 Å². The first-order valence-corrected chi connectivity index (χ1v) is 12.5. The van der Waals surface area contributed by atoms with E-state index >= 15 is 0 Å². The van der Waals surface area contributed by atoms with E-state index in [1.165, 1.54) is 9.80 Å². The van der Waals surface area contributed by atoms with Gasteiger partial charge in [0.15, 0.2) is 17.2 Å². The Morgan fingerprint density at radius 3 is 2.23 bits per heavy atom. The molecule has 0 aliphatic carbocycles. The maximum absolute atomic E-state index is 14.0. The first kappa shape index (κ1) is 25.4. The molecule has 0 bridgehead atoms. The smallest absolute Gasteiger partial charge is 0.369 e. The number of hydrogen-bond donors (Lipinski definition) is 2. The minimum atomic E-state index is -4.61. The van der Waals surface area contributed by atoms with Crippen LogP contribution in [0.2, 0.25) is 0 Å². The zero-order valence-electron chi connectivity index (χ0n) is 21.0. The Morgan fingerprint density at radius 1 is 0.950 bits per heavy atom. The number of carbonyl (C=O) groups is 2. The zero-order valence-corrected chi connectivity index (χ0v) is 21.0. The number of benzene rings is 3. The molecule has 0 saturated carbocycles. The Morgan fingerprint density at radius 2 is 1.60 bits per heavy atom. The van der Waals surface area contributed by atoms with E-state index in [0.29, 0.717) is 16.7 Å². The molecular formula is C29H23F3N6O2. The number of nitrogens with two attached hydrogens (primary N) is 1. The minimum Gasteiger partial charge on any atom is -0.369 e. The summed E-state index contributed by atoms with van der Waals surface area (Å²) in [5, 5.41) is 5.77. The van der Waals surface area contributed by atoms with Gasteiger partial charge in [0.1, 0.15) is 0 Å². The molecule has 2 aliphatic heterocycles. The number of alkyl halides is 3. The van der Waals surface area contributed by atoms with Crippen LogP contribution in [0.15, 0.2) is 89.9 Å². The van der Waals surface area contributed by atoms with Crippen molar-refractivity contribution in [2.24, 2.45) is 10.7 Å². The van der Waals surface area contributed by atoms with Crippen LogP contribution in [0.25, 0.3) is 0 Å². The molecule has 0 spiro atoms. The molecule has 3 N–H and O–H groups in total. The Balaban J connectivity index is 1.26. The average Bonchev–Trinajstić information content (AvgIpc) is 3.62. The monoisotopic (exact) mass is 544 g/mol. The molecule has 0 atom stereocenters. The first-order chi connectivity index (χ1) is 19.2. The number of aliphatic imine (C=N–C) groups is 1. The van der Waals surface area contributed by atoms with E-state index in [1.807, 2.05) is 60.7 Å². The van der Waals surface area contributed by atoms with Crippen molar-refractivity contribution in [3.8, 4) is 0 Å². The maximum atomic E-state index is 14.0. The summed E-state index contributed by atoms with van der Waals surface area (Å²) in [6.45, 7) is -0.162. The third kappa shape index (κ3) is 4.10. The summed E-state index contributed by atoms with van der Waals surface area (Å²) in [5.74, 6) is -0.721. The van der Waals surface area contributed by atoms with Crippen LogP contribution in [-0.4, -0.2) is 37.8 Å². The second kappa shape index (κ2) is 9.37. The van der Waals surface area contributed by atoms with Crippen LogP contribution >= 0.6 is 0 Å². The number of halogens is 3. The molecular weight excluding hydrogens is 521 g/mol. The predicted molar refractivity (Wildman–Crippen MR) is 139 cm³/mol. The van der Waals surface area contributed by atoms with Gasteiger partial charge < -0.3 is 10.6 Å². The highest BCUT2D eigenvalue weighted by Gasteiger charge is 2.50. The van der Waals surface area contributed by atoms with Crippen LogP contribution in [0.1, 0.15) is 44.0 Å². The van der Waals surface area contributed by atoms with Crippen LogP contribution < -0.4 is 5.73 Å². The van der Waals surface area contributed by atoms with E-state index in [1.54, 1.807) is 24.3 Å². The molecule has 4 aromatic rings. The molecule has 6 rings (SSSR count). The van der Waals surface area contributed by atoms with Crippen molar-refractivity contribution in [2.75, 3.05) is 0 Å². The lowest BCUT2D eigenvalue weighted by molar-refractivity contribution is -0.142. The lowest BCUT2D eigenvalue weighted by atomic mass is 9.83. The summed E-state index contributed by atoms with van der Waals surface area (Å²) in [4.78, 5) is 34.7. The van der Waals surface area contributed by atoms with E-state index in [0.717, 1.165) is 0 Å². The lowest BCUT2D eigenvalue weighted by Crippen LogP contribution is -2.43. The summed E-state index contributed by atoms with van der Waals surface area (Å²) >= 11 is 0. The Labute approximate surface area is 226 Å². The van der Waals surface area contributed by atoms with Crippen molar-refractivity contribution in [3.05, 3.63) is 124 Å². The van der Waals surface area contributed by atoms with Crippen molar-refractivity contribution >= 4 is 17.8 Å². The van der Waals surface area contributed by atoms with E-state index in [-0.39, 0.29) is 48.3 Å². The summed E-state index contributed by atoms with van der Waals surface area (Å²) in [6.07, 6.45) is -4.61. The van der Waals surface area contributed by atoms with Crippen LogP contribution in [-0.2, 0) is 36.1 Å². The molecule has 11 heteroatoms. The number of amides is 2. The fraction of sp³-hybridized carbons (Fsp3) is 0.172. The number of nitrogens with one attached hydrogen (secondary N) is 1. The molecule has 40 heavy (non-hydrogen) atoms. The minimum absolute atomic E-state index is 0.0115.